The van der Waals surface area contributed by atoms with Crippen molar-refractivity contribution in [1.29, 1.82) is 0 Å². The number of nitrogens with zero attached hydrogens (tertiary/aromatic N) is 3. The van der Waals surface area contributed by atoms with Crippen LogP contribution in [-0.4, -0.2) is 22.5 Å². The zero-order chi connectivity index (χ0) is 32.5. The predicted octanol–water partition coefficient (Wildman–Crippen LogP) is 6.17. The molecule has 6 rings (SSSR count). The summed E-state index contributed by atoms with van der Waals surface area (Å²) >= 11 is 1.18. The summed E-state index contributed by atoms with van der Waals surface area (Å²) in [5.41, 5.74) is 3.19. The topological polar surface area (TPSA) is 129 Å². The van der Waals surface area contributed by atoms with Crippen LogP contribution in [0, 0.1) is 10.1 Å². The van der Waals surface area contributed by atoms with E-state index in [0.717, 1.165) is 11.1 Å². The fourth-order valence-corrected chi connectivity index (χ4v) is 6.44. The Kier molecular flexibility index (Phi) is 8.25. The minimum absolute atomic E-state index is 0.167. The fourth-order valence-electron chi connectivity index (χ4n) is 5.41. The number of nitrogens with one attached hydrogen (secondary N) is 1. The molecule has 3 aromatic carbocycles. The van der Waals surface area contributed by atoms with Crippen LogP contribution in [0.3, 0.4) is 0 Å². The maximum atomic E-state index is 14.1. The molecule has 1 N–H and O–H groups in total. The Bertz CT molecular complexity index is 2180. The van der Waals surface area contributed by atoms with E-state index in [1.807, 2.05) is 42.5 Å². The summed E-state index contributed by atoms with van der Waals surface area (Å²) < 4.78 is 13.0. The second kappa shape index (κ2) is 12.4. The van der Waals surface area contributed by atoms with Gasteiger partial charge in [0, 0.05) is 11.8 Å². The molecule has 11 heteroatoms. The third-order valence-corrected chi connectivity index (χ3v) is 8.77. The van der Waals surface area contributed by atoms with Gasteiger partial charge in [0.1, 0.15) is 17.3 Å². The molecule has 1 aliphatic heterocycles. The highest BCUT2D eigenvalue weighted by atomic mass is 32.1. The number of ether oxygens (including phenoxy) is 1. The van der Waals surface area contributed by atoms with Gasteiger partial charge in [0.2, 0.25) is 0 Å². The van der Waals surface area contributed by atoms with Crippen LogP contribution >= 0.6 is 11.3 Å². The van der Waals surface area contributed by atoms with E-state index in [-0.39, 0.29) is 28.5 Å². The van der Waals surface area contributed by atoms with Crippen molar-refractivity contribution in [3.05, 3.63) is 143 Å². The largest absolute Gasteiger partial charge is 0.497 e. The molecule has 3 heterocycles. The second-order valence-electron chi connectivity index (χ2n) is 11.1. The molecule has 1 amide bonds. The van der Waals surface area contributed by atoms with E-state index in [4.69, 9.17) is 14.1 Å². The number of anilines is 1. The van der Waals surface area contributed by atoms with Gasteiger partial charge >= 0.3 is 0 Å². The number of aromatic nitrogens is 1. The summed E-state index contributed by atoms with van der Waals surface area (Å²) in [4.78, 5) is 44.3. The van der Waals surface area contributed by atoms with Crippen LogP contribution in [0.5, 0.6) is 5.75 Å². The Balaban J connectivity index is 1.44. The quantitative estimate of drug-likeness (QED) is 0.161. The number of carbonyl (C=O) groups excluding carboxylic acids is 1. The van der Waals surface area contributed by atoms with Crippen molar-refractivity contribution < 1.29 is 18.9 Å². The molecule has 232 valence electrons. The van der Waals surface area contributed by atoms with E-state index in [1.54, 1.807) is 54.0 Å². The van der Waals surface area contributed by atoms with Gasteiger partial charge in [-0.15, -0.1) is 0 Å². The molecule has 0 spiro atoms. The molecule has 0 bridgehead atoms. The maximum absolute atomic E-state index is 14.1. The van der Waals surface area contributed by atoms with Crippen LogP contribution in [0.1, 0.15) is 49.6 Å². The Morgan fingerprint density at radius 2 is 1.83 bits per heavy atom. The van der Waals surface area contributed by atoms with Crippen molar-refractivity contribution in [3.8, 4) is 17.1 Å². The van der Waals surface area contributed by atoms with Gasteiger partial charge in [0.05, 0.1) is 45.5 Å². The average Bonchev–Trinajstić information content (AvgIpc) is 3.64. The summed E-state index contributed by atoms with van der Waals surface area (Å²) in [5.74, 6) is 0.917. The molecule has 46 heavy (non-hydrogen) atoms. The zero-order valence-electron chi connectivity index (χ0n) is 25.5. The Labute approximate surface area is 267 Å². The van der Waals surface area contributed by atoms with Gasteiger partial charge in [0.25, 0.3) is 17.2 Å². The van der Waals surface area contributed by atoms with Crippen molar-refractivity contribution in [2.45, 2.75) is 32.7 Å². The lowest BCUT2D eigenvalue weighted by Gasteiger charge is -2.25. The van der Waals surface area contributed by atoms with Gasteiger partial charge in [-0.2, -0.15) is 0 Å². The van der Waals surface area contributed by atoms with E-state index >= 15 is 0 Å². The van der Waals surface area contributed by atoms with Crippen molar-refractivity contribution in [1.82, 2.24) is 4.57 Å². The van der Waals surface area contributed by atoms with Crippen molar-refractivity contribution >= 4 is 34.7 Å². The predicted molar refractivity (Wildman–Crippen MR) is 177 cm³/mol. The smallest absolute Gasteiger partial charge is 0.284 e. The highest BCUT2D eigenvalue weighted by Crippen LogP contribution is 2.35. The van der Waals surface area contributed by atoms with Crippen LogP contribution in [0.2, 0.25) is 0 Å². The Hall–Kier alpha value is -5.55. The molecule has 1 atom stereocenters. The first kappa shape index (κ1) is 30.5. The molecule has 0 unspecified atom stereocenters. The first-order valence-corrected chi connectivity index (χ1v) is 15.4. The van der Waals surface area contributed by atoms with Crippen molar-refractivity contribution in [2.75, 3.05) is 12.4 Å². The van der Waals surface area contributed by atoms with Crippen LogP contribution < -0.4 is 24.9 Å². The minimum Gasteiger partial charge on any atom is -0.497 e. The Morgan fingerprint density at radius 3 is 2.50 bits per heavy atom. The lowest BCUT2D eigenvalue weighted by molar-refractivity contribution is -0.384. The second-order valence-corrected chi connectivity index (χ2v) is 12.1. The number of carbonyl (C=O) groups is 1. The molecular formula is C35H30N4O6S. The third kappa shape index (κ3) is 5.80. The normalized spacial score (nSPS) is 14.6. The highest BCUT2D eigenvalue weighted by molar-refractivity contribution is 7.07. The molecule has 0 aliphatic carbocycles. The monoisotopic (exact) mass is 634 g/mol. The summed E-state index contributed by atoms with van der Waals surface area (Å²) in [6.45, 7) is 5.98. The minimum atomic E-state index is -0.725. The lowest BCUT2D eigenvalue weighted by atomic mass is 9.93. The lowest BCUT2D eigenvalue weighted by Crippen LogP contribution is -2.40. The number of hydrogen-bond donors (Lipinski definition) is 1. The molecule has 0 saturated heterocycles. The van der Waals surface area contributed by atoms with E-state index in [1.165, 1.54) is 24.5 Å². The number of nitro groups is 1. The molecule has 5 aromatic rings. The number of fused-ring (bicyclic) bond motifs is 1. The van der Waals surface area contributed by atoms with Crippen LogP contribution in [0.4, 0.5) is 11.4 Å². The number of benzene rings is 3. The number of para-hydroxylation sites is 1. The van der Waals surface area contributed by atoms with Gasteiger partial charge < -0.3 is 14.5 Å². The van der Waals surface area contributed by atoms with Crippen molar-refractivity contribution in [2.24, 2.45) is 4.99 Å². The van der Waals surface area contributed by atoms with Gasteiger partial charge in [0.15, 0.2) is 4.80 Å². The first-order valence-electron chi connectivity index (χ1n) is 14.6. The highest BCUT2D eigenvalue weighted by Gasteiger charge is 2.32. The van der Waals surface area contributed by atoms with E-state index in [0.29, 0.717) is 43.7 Å². The number of furan rings is 1. The molecule has 0 fully saturated rings. The number of rotatable bonds is 8. The summed E-state index contributed by atoms with van der Waals surface area (Å²) in [5, 5.41) is 14.7. The van der Waals surface area contributed by atoms with Gasteiger partial charge in [-0.05, 0) is 60.4 Å². The SMILES string of the molecule is COc1ccc(-c2ccc(/C=c3\sc4n(c3=O)[C@H](c3ccc(C(C)C)cc3)C(C(=O)Nc3ccccc3)=C(C)N=4)o2)c([N+](=O)[O-])c1. The molecule has 1 aliphatic rings. The first-order chi connectivity index (χ1) is 22.1. The summed E-state index contributed by atoms with van der Waals surface area (Å²) in [7, 11) is 1.44. The molecule has 0 saturated carbocycles. The van der Waals surface area contributed by atoms with Gasteiger partial charge in [-0.3, -0.25) is 24.3 Å². The van der Waals surface area contributed by atoms with Gasteiger partial charge in [-0.25, -0.2) is 4.99 Å². The van der Waals surface area contributed by atoms with Crippen molar-refractivity contribution in [3.63, 3.8) is 0 Å². The standard InChI is InChI=1S/C35H30N4O6S/c1-20(2)22-10-12-23(13-11-22)32-31(33(40)37-24-8-6-5-7-9-24)21(3)36-35-38(32)34(41)30(46-35)19-26-15-17-29(45-26)27-16-14-25(44-4)18-28(27)39(42)43/h5-20,32H,1-4H3,(H,37,40)/b30-19-/t32-/m1/s1. The van der Waals surface area contributed by atoms with Crippen LogP contribution in [0.25, 0.3) is 17.4 Å². The molecule has 10 nitrogen and oxygen atoms in total. The van der Waals surface area contributed by atoms with E-state index in [9.17, 15) is 19.7 Å². The number of amides is 1. The van der Waals surface area contributed by atoms with Gasteiger partial charge in [-0.1, -0.05) is 67.6 Å². The fraction of sp³-hybridized carbons (Fsp3) is 0.171. The van der Waals surface area contributed by atoms with Crippen LogP contribution in [0.15, 0.2) is 110 Å². The molecule has 2 aromatic heterocycles. The van der Waals surface area contributed by atoms with E-state index in [2.05, 4.69) is 19.2 Å². The number of nitro benzene ring substituents is 1. The molecular weight excluding hydrogens is 604 g/mol. The Morgan fingerprint density at radius 1 is 1.09 bits per heavy atom. The third-order valence-electron chi connectivity index (χ3n) is 7.78. The van der Waals surface area contributed by atoms with Crippen LogP contribution in [-0.2, 0) is 4.79 Å². The zero-order valence-corrected chi connectivity index (χ0v) is 26.3. The number of hydrogen-bond acceptors (Lipinski definition) is 8. The summed E-state index contributed by atoms with van der Waals surface area (Å²) in [6.07, 6.45) is 1.59. The number of thiazole rings is 1. The number of methoxy groups -OCH3 is 1. The number of allylic oxidation sites excluding steroid dienone is 1. The summed E-state index contributed by atoms with van der Waals surface area (Å²) in [6, 6.07) is 24.1. The average molecular weight is 635 g/mol. The van der Waals surface area contributed by atoms with E-state index < -0.39 is 11.0 Å². The molecule has 0 radical (unpaired) electrons. The maximum Gasteiger partial charge on any atom is 0.284 e.